The van der Waals surface area contributed by atoms with Gasteiger partial charge in [-0.25, -0.2) is 0 Å². The highest BCUT2D eigenvalue weighted by Gasteiger charge is 2.13. The summed E-state index contributed by atoms with van der Waals surface area (Å²) in [6, 6.07) is 8.62. The topological polar surface area (TPSA) is 3.24 Å². The minimum atomic E-state index is 1.02. The highest BCUT2D eigenvalue weighted by molar-refractivity contribution is 5.63. The molecule has 0 aromatic heterocycles. The zero-order valence-electron chi connectivity index (χ0n) is 13.6. The predicted octanol–water partition coefficient (Wildman–Crippen LogP) is 5.33. The van der Waals surface area contributed by atoms with Crippen molar-refractivity contribution in [2.45, 2.75) is 33.6 Å². The summed E-state index contributed by atoms with van der Waals surface area (Å²) in [6.07, 6.45) is 13.1. The number of nitrogens with zero attached hydrogens (tertiary/aromatic N) is 1. The number of likely N-dealkylation sites (N-methyl/N-ethyl adjacent to an activating group) is 1. The summed E-state index contributed by atoms with van der Waals surface area (Å²) >= 11 is 0. The molecular weight excluding hydrogens is 254 g/mol. The van der Waals surface area contributed by atoms with Crippen molar-refractivity contribution in [3.63, 3.8) is 0 Å². The quantitative estimate of drug-likeness (QED) is 0.658. The molecule has 0 unspecified atom stereocenters. The second-order valence-corrected chi connectivity index (χ2v) is 5.57. The first kappa shape index (κ1) is 15.4. The Morgan fingerprint density at radius 2 is 2.05 bits per heavy atom. The van der Waals surface area contributed by atoms with E-state index in [4.69, 9.17) is 0 Å². The smallest absolute Gasteiger partial charge is 0.0221 e. The molecule has 0 saturated heterocycles. The second kappa shape index (κ2) is 7.12. The van der Waals surface area contributed by atoms with Crippen LogP contribution in [0.3, 0.4) is 0 Å². The van der Waals surface area contributed by atoms with E-state index in [9.17, 15) is 0 Å². The molecule has 2 rings (SSSR count). The maximum Gasteiger partial charge on any atom is 0.0221 e. The molecule has 0 bridgehead atoms. The highest BCUT2D eigenvalue weighted by atomic mass is 15.1. The van der Waals surface area contributed by atoms with E-state index >= 15 is 0 Å². The molecule has 1 aromatic carbocycles. The van der Waals surface area contributed by atoms with Gasteiger partial charge in [0.25, 0.3) is 0 Å². The number of allylic oxidation sites excluding steroid dienone is 6. The fraction of sp³-hybridized carbons (Fsp3) is 0.300. The minimum absolute atomic E-state index is 1.02. The van der Waals surface area contributed by atoms with Gasteiger partial charge in [-0.2, -0.15) is 0 Å². The van der Waals surface area contributed by atoms with E-state index in [1.54, 1.807) is 0 Å². The number of rotatable bonds is 5. The molecule has 110 valence electrons. The second-order valence-electron chi connectivity index (χ2n) is 5.57. The lowest BCUT2D eigenvalue weighted by atomic mass is 10.1. The number of benzene rings is 1. The Balaban J connectivity index is 2.12. The van der Waals surface area contributed by atoms with Crippen LogP contribution in [-0.4, -0.2) is 11.9 Å². The Kier molecular flexibility index (Phi) is 5.21. The summed E-state index contributed by atoms with van der Waals surface area (Å²) in [7, 11) is 2.14. The summed E-state index contributed by atoms with van der Waals surface area (Å²) in [4.78, 5) is 2.24. The Morgan fingerprint density at radius 3 is 2.71 bits per heavy atom. The van der Waals surface area contributed by atoms with E-state index in [1.165, 1.54) is 28.0 Å². The molecule has 1 aliphatic carbocycles. The predicted molar refractivity (Wildman–Crippen MR) is 92.8 cm³/mol. The molecule has 0 radical (unpaired) electrons. The Labute approximate surface area is 129 Å². The average molecular weight is 279 g/mol. The van der Waals surface area contributed by atoms with Gasteiger partial charge >= 0.3 is 0 Å². The first-order chi connectivity index (χ1) is 10.1. The van der Waals surface area contributed by atoms with Crippen LogP contribution in [0.2, 0.25) is 0 Å². The van der Waals surface area contributed by atoms with Gasteiger partial charge in [0.2, 0.25) is 0 Å². The van der Waals surface area contributed by atoms with Gasteiger partial charge in [0.05, 0.1) is 0 Å². The van der Waals surface area contributed by atoms with Gasteiger partial charge < -0.3 is 4.90 Å². The first-order valence-corrected chi connectivity index (χ1v) is 7.67. The number of fused-ring (bicyclic) bond motifs is 1. The lowest BCUT2D eigenvalue weighted by Crippen LogP contribution is -2.10. The van der Waals surface area contributed by atoms with Crippen molar-refractivity contribution in [2.24, 2.45) is 0 Å². The molecule has 0 heterocycles. The van der Waals surface area contributed by atoms with Gasteiger partial charge in [0.1, 0.15) is 0 Å². The van der Waals surface area contributed by atoms with E-state index in [0.29, 0.717) is 0 Å². The lowest BCUT2D eigenvalue weighted by molar-refractivity contribution is 0.558. The van der Waals surface area contributed by atoms with Crippen LogP contribution >= 0.6 is 0 Å². The third-order valence-electron chi connectivity index (χ3n) is 3.80. The van der Waals surface area contributed by atoms with Crippen molar-refractivity contribution < 1.29 is 0 Å². The van der Waals surface area contributed by atoms with E-state index < -0.39 is 0 Å². The van der Waals surface area contributed by atoms with E-state index in [2.05, 4.69) is 87.5 Å². The normalized spacial score (nSPS) is 15.3. The summed E-state index contributed by atoms with van der Waals surface area (Å²) in [5.74, 6) is 0. The van der Waals surface area contributed by atoms with Crippen LogP contribution in [0, 0.1) is 0 Å². The monoisotopic (exact) mass is 279 g/mol. The zero-order valence-corrected chi connectivity index (χ0v) is 13.6. The standard InChI is InChI=1S/C20H25N/c1-5-9-17(6-2)12-16(3)15-21(4)20-13-18-10-7-8-11-19(18)14-20/h5,7-13,15H,6,14H2,1-4H3/b9-5-,16-15+,17-12-. The summed E-state index contributed by atoms with van der Waals surface area (Å²) in [5.41, 5.74) is 6.77. The number of hydrogen-bond donors (Lipinski definition) is 0. The fourth-order valence-electron chi connectivity index (χ4n) is 2.69. The summed E-state index contributed by atoms with van der Waals surface area (Å²) < 4.78 is 0. The molecule has 1 aliphatic rings. The molecule has 1 nitrogen and oxygen atoms in total. The van der Waals surface area contributed by atoms with E-state index in [1.807, 2.05) is 0 Å². The van der Waals surface area contributed by atoms with Crippen molar-refractivity contribution in [3.8, 4) is 0 Å². The molecule has 0 spiro atoms. The Hall–Kier alpha value is -2.02. The molecule has 0 saturated carbocycles. The van der Waals surface area contributed by atoms with Gasteiger partial charge in [-0.1, -0.05) is 49.4 Å². The maximum absolute atomic E-state index is 2.29. The maximum atomic E-state index is 2.29. The molecular formula is C20H25N. The van der Waals surface area contributed by atoms with Crippen LogP contribution in [-0.2, 0) is 6.42 Å². The molecule has 0 atom stereocenters. The van der Waals surface area contributed by atoms with Crippen LogP contribution in [0.5, 0.6) is 0 Å². The molecule has 21 heavy (non-hydrogen) atoms. The van der Waals surface area contributed by atoms with Crippen molar-refractivity contribution >= 4 is 6.08 Å². The van der Waals surface area contributed by atoms with E-state index in [-0.39, 0.29) is 0 Å². The largest absolute Gasteiger partial charge is 0.354 e. The van der Waals surface area contributed by atoms with Gasteiger partial charge in [0, 0.05) is 25.4 Å². The number of hydrogen-bond acceptors (Lipinski definition) is 1. The SMILES string of the molecule is C\C=C/C(=C\C(C)=C\N(C)C1=Cc2ccccc2C1)CC. The van der Waals surface area contributed by atoms with Crippen molar-refractivity contribution in [2.75, 3.05) is 7.05 Å². The van der Waals surface area contributed by atoms with E-state index in [0.717, 1.165) is 12.8 Å². The molecule has 0 fully saturated rings. The van der Waals surface area contributed by atoms with Gasteiger partial charge in [-0.3, -0.25) is 0 Å². The molecule has 0 N–H and O–H groups in total. The minimum Gasteiger partial charge on any atom is -0.354 e. The molecule has 1 heteroatoms. The van der Waals surface area contributed by atoms with Crippen LogP contribution in [0.1, 0.15) is 38.3 Å². The summed E-state index contributed by atoms with van der Waals surface area (Å²) in [6.45, 7) is 6.42. The molecule has 0 aliphatic heterocycles. The Bertz CT molecular complexity index is 614. The molecule has 1 aromatic rings. The van der Waals surface area contributed by atoms with Gasteiger partial charge in [-0.05, 0) is 48.6 Å². The van der Waals surface area contributed by atoms with Crippen LogP contribution in [0.25, 0.3) is 6.08 Å². The third kappa shape index (κ3) is 3.98. The van der Waals surface area contributed by atoms with Crippen LogP contribution < -0.4 is 0 Å². The Morgan fingerprint density at radius 1 is 1.29 bits per heavy atom. The average Bonchev–Trinajstić information content (AvgIpc) is 2.90. The van der Waals surface area contributed by atoms with Crippen molar-refractivity contribution in [1.29, 1.82) is 0 Å². The fourth-order valence-corrected chi connectivity index (χ4v) is 2.69. The molecule has 0 amide bonds. The van der Waals surface area contributed by atoms with Crippen molar-refractivity contribution in [1.82, 2.24) is 4.90 Å². The first-order valence-electron chi connectivity index (χ1n) is 7.67. The third-order valence-corrected chi connectivity index (χ3v) is 3.80. The van der Waals surface area contributed by atoms with Crippen LogP contribution in [0.15, 0.2) is 65.5 Å². The van der Waals surface area contributed by atoms with Crippen LogP contribution in [0.4, 0.5) is 0 Å². The van der Waals surface area contributed by atoms with Crippen molar-refractivity contribution in [3.05, 3.63) is 76.7 Å². The highest BCUT2D eigenvalue weighted by Crippen LogP contribution is 2.26. The zero-order chi connectivity index (χ0) is 15.2. The summed E-state index contributed by atoms with van der Waals surface area (Å²) in [5, 5.41) is 0. The lowest BCUT2D eigenvalue weighted by Gasteiger charge is -2.16. The van der Waals surface area contributed by atoms with Gasteiger partial charge in [-0.15, -0.1) is 0 Å². The van der Waals surface area contributed by atoms with Gasteiger partial charge in [0.15, 0.2) is 0 Å².